The Morgan fingerprint density at radius 1 is 1.00 bits per heavy atom. The number of hydrogen-bond acceptors (Lipinski definition) is 2. The zero-order valence-corrected chi connectivity index (χ0v) is 13.1. The maximum atomic E-state index is 12.7. The minimum Gasteiger partial charge on any atom is -0.208 e. The van der Waals surface area contributed by atoms with Crippen LogP contribution < -0.4 is 4.72 Å². The van der Waals surface area contributed by atoms with Crippen LogP contribution in [0.3, 0.4) is 0 Å². The standard InChI is InChI=1S/C17H21NO2S/c1-13-7-2-5-11-16(13)18-21(19,20)17-12-6-9-14-8-3-4-10-15(14)17/h3-4,6,8-10,12-13,16,18H,2,5,7,11H2,1H3. The van der Waals surface area contributed by atoms with Crippen LogP contribution in [0.15, 0.2) is 47.4 Å². The van der Waals surface area contributed by atoms with Crippen LogP contribution in [0.5, 0.6) is 0 Å². The van der Waals surface area contributed by atoms with E-state index in [2.05, 4.69) is 11.6 Å². The molecule has 3 nitrogen and oxygen atoms in total. The van der Waals surface area contributed by atoms with Gasteiger partial charge in [-0.25, -0.2) is 13.1 Å². The summed E-state index contributed by atoms with van der Waals surface area (Å²) in [5.41, 5.74) is 0. The Hall–Kier alpha value is -1.39. The third-order valence-corrected chi connectivity index (χ3v) is 6.01. The molecule has 0 aromatic heterocycles. The molecule has 21 heavy (non-hydrogen) atoms. The summed E-state index contributed by atoms with van der Waals surface area (Å²) in [7, 11) is -3.47. The predicted octanol–water partition coefficient (Wildman–Crippen LogP) is 3.70. The average Bonchev–Trinajstić information content (AvgIpc) is 2.49. The van der Waals surface area contributed by atoms with Crippen LogP contribution in [0.4, 0.5) is 0 Å². The number of fused-ring (bicyclic) bond motifs is 1. The summed E-state index contributed by atoms with van der Waals surface area (Å²) in [6.45, 7) is 2.13. The lowest BCUT2D eigenvalue weighted by Crippen LogP contribution is -2.41. The summed E-state index contributed by atoms with van der Waals surface area (Å²) in [6.07, 6.45) is 4.34. The molecule has 2 unspecified atom stereocenters. The van der Waals surface area contributed by atoms with Gasteiger partial charge in [0.1, 0.15) is 0 Å². The molecule has 0 bridgehead atoms. The van der Waals surface area contributed by atoms with Crippen molar-refractivity contribution < 1.29 is 8.42 Å². The zero-order valence-electron chi connectivity index (χ0n) is 12.2. The van der Waals surface area contributed by atoms with Crippen molar-refractivity contribution in [3.8, 4) is 0 Å². The van der Waals surface area contributed by atoms with E-state index in [0.717, 1.165) is 30.0 Å². The van der Waals surface area contributed by atoms with Gasteiger partial charge in [-0.05, 0) is 30.2 Å². The maximum Gasteiger partial charge on any atom is 0.241 e. The van der Waals surface area contributed by atoms with Crippen molar-refractivity contribution in [1.29, 1.82) is 0 Å². The Morgan fingerprint density at radius 3 is 2.52 bits per heavy atom. The molecule has 0 aliphatic heterocycles. The lowest BCUT2D eigenvalue weighted by atomic mass is 9.87. The van der Waals surface area contributed by atoms with E-state index in [1.807, 2.05) is 30.3 Å². The fourth-order valence-corrected chi connectivity index (χ4v) is 4.79. The molecule has 2 atom stereocenters. The van der Waals surface area contributed by atoms with Crippen LogP contribution in [0.2, 0.25) is 0 Å². The van der Waals surface area contributed by atoms with Gasteiger partial charge in [0.15, 0.2) is 0 Å². The minimum absolute atomic E-state index is 0.0581. The van der Waals surface area contributed by atoms with Crippen LogP contribution >= 0.6 is 0 Å². The molecule has 1 aliphatic carbocycles. The van der Waals surface area contributed by atoms with Gasteiger partial charge in [-0.1, -0.05) is 56.2 Å². The smallest absolute Gasteiger partial charge is 0.208 e. The third-order valence-electron chi connectivity index (χ3n) is 4.46. The molecule has 1 N–H and O–H groups in total. The number of benzene rings is 2. The van der Waals surface area contributed by atoms with E-state index >= 15 is 0 Å². The first kappa shape index (κ1) is 14.5. The van der Waals surface area contributed by atoms with Gasteiger partial charge < -0.3 is 0 Å². The van der Waals surface area contributed by atoms with Crippen LogP contribution in [0.1, 0.15) is 32.6 Å². The Bertz CT molecular complexity index is 734. The fourth-order valence-electron chi connectivity index (χ4n) is 3.18. The molecule has 1 aliphatic rings. The zero-order chi connectivity index (χ0) is 14.9. The predicted molar refractivity (Wildman–Crippen MR) is 85.7 cm³/mol. The molecule has 2 aromatic rings. The van der Waals surface area contributed by atoms with Crippen molar-refractivity contribution in [2.45, 2.75) is 43.5 Å². The summed E-state index contributed by atoms with van der Waals surface area (Å²) in [5, 5.41) is 1.74. The van der Waals surface area contributed by atoms with Gasteiger partial charge in [0, 0.05) is 11.4 Å². The number of nitrogens with one attached hydrogen (secondary N) is 1. The molecule has 0 spiro atoms. The van der Waals surface area contributed by atoms with E-state index in [9.17, 15) is 8.42 Å². The van der Waals surface area contributed by atoms with Crippen molar-refractivity contribution >= 4 is 20.8 Å². The van der Waals surface area contributed by atoms with Gasteiger partial charge in [-0.3, -0.25) is 0 Å². The largest absolute Gasteiger partial charge is 0.241 e. The van der Waals surface area contributed by atoms with E-state index in [4.69, 9.17) is 0 Å². The summed E-state index contributed by atoms with van der Waals surface area (Å²) < 4.78 is 28.4. The SMILES string of the molecule is CC1CCCCC1NS(=O)(=O)c1cccc2ccccc12. The lowest BCUT2D eigenvalue weighted by Gasteiger charge is -2.29. The van der Waals surface area contributed by atoms with Gasteiger partial charge in [0.25, 0.3) is 0 Å². The van der Waals surface area contributed by atoms with E-state index < -0.39 is 10.0 Å². The van der Waals surface area contributed by atoms with Crippen molar-refractivity contribution in [3.05, 3.63) is 42.5 Å². The highest BCUT2D eigenvalue weighted by Crippen LogP contribution is 2.27. The summed E-state index contributed by atoms with van der Waals surface area (Å²) in [5.74, 6) is 0.406. The molecular weight excluding hydrogens is 282 g/mol. The molecular formula is C17H21NO2S. The van der Waals surface area contributed by atoms with E-state index in [0.29, 0.717) is 10.8 Å². The Kier molecular flexibility index (Phi) is 4.00. The molecule has 1 saturated carbocycles. The molecule has 0 amide bonds. The van der Waals surface area contributed by atoms with Gasteiger partial charge >= 0.3 is 0 Å². The lowest BCUT2D eigenvalue weighted by molar-refractivity contribution is 0.310. The molecule has 0 heterocycles. The third kappa shape index (κ3) is 2.97. The Morgan fingerprint density at radius 2 is 1.71 bits per heavy atom. The van der Waals surface area contributed by atoms with E-state index in [-0.39, 0.29) is 6.04 Å². The molecule has 112 valence electrons. The maximum absolute atomic E-state index is 12.7. The molecule has 0 radical (unpaired) electrons. The fraction of sp³-hybridized carbons (Fsp3) is 0.412. The van der Waals surface area contributed by atoms with Crippen molar-refractivity contribution in [1.82, 2.24) is 4.72 Å². The second-order valence-corrected chi connectivity index (χ2v) is 7.65. The first-order valence-corrected chi connectivity index (χ1v) is 9.06. The van der Waals surface area contributed by atoms with Crippen molar-refractivity contribution in [3.63, 3.8) is 0 Å². The number of rotatable bonds is 3. The number of hydrogen-bond donors (Lipinski definition) is 1. The minimum atomic E-state index is -3.47. The first-order valence-electron chi connectivity index (χ1n) is 7.58. The highest BCUT2D eigenvalue weighted by Gasteiger charge is 2.27. The average molecular weight is 303 g/mol. The molecule has 0 saturated heterocycles. The summed E-state index contributed by atoms with van der Waals surface area (Å²) in [6, 6.07) is 13.1. The van der Waals surface area contributed by atoms with Crippen LogP contribution in [0, 0.1) is 5.92 Å². The van der Waals surface area contributed by atoms with Gasteiger partial charge in [-0.15, -0.1) is 0 Å². The summed E-state index contributed by atoms with van der Waals surface area (Å²) in [4.78, 5) is 0.387. The van der Waals surface area contributed by atoms with Gasteiger partial charge in [-0.2, -0.15) is 0 Å². The van der Waals surface area contributed by atoms with Gasteiger partial charge in [0.05, 0.1) is 4.90 Å². The molecule has 3 rings (SSSR count). The highest BCUT2D eigenvalue weighted by molar-refractivity contribution is 7.89. The Balaban J connectivity index is 1.97. The number of sulfonamides is 1. The normalized spacial score (nSPS) is 23.3. The van der Waals surface area contributed by atoms with Gasteiger partial charge in [0.2, 0.25) is 10.0 Å². The van der Waals surface area contributed by atoms with Crippen LogP contribution in [-0.2, 0) is 10.0 Å². The topological polar surface area (TPSA) is 46.2 Å². The van der Waals surface area contributed by atoms with Crippen molar-refractivity contribution in [2.75, 3.05) is 0 Å². The molecule has 4 heteroatoms. The van der Waals surface area contributed by atoms with Crippen LogP contribution in [0.25, 0.3) is 10.8 Å². The first-order chi connectivity index (χ1) is 10.1. The second kappa shape index (κ2) is 5.78. The molecule has 1 fully saturated rings. The van der Waals surface area contributed by atoms with Crippen LogP contribution in [-0.4, -0.2) is 14.5 Å². The van der Waals surface area contributed by atoms with E-state index in [1.54, 1.807) is 12.1 Å². The highest BCUT2D eigenvalue weighted by atomic mass is 32.2. The quantitative estimate of drug-likeness (QED) is 0.940. The second-order valence-electron chi connectivity index (χ2n) is 5.97. The van der Waals surface area contributed by atoms with E-state index in [1.165, 1.54) is 6.42 Å². The Labute approximate surface area is 126 Å². The van der Waals surface area contributed by atoms with Crippen molar-refractivity contribution in [2.24, 2.45) is 5.92 Å². The molecule has 2 aromatic carbocycles. The monoisotopic (exact) mass is 303 g/mol. The summed E-state index contributed by atoms with van der Waals surface area (Å²) >= 11 is 0.